The van der Waals surface area contributed by atoms with Crippen molar-refractivity contribution >= 4 is 71.1 Å². The zero-order chi connectivity index (χ0) is 53.8. The van der Waals surface area contributed by atoms with Crippen LogP contribution in [0, 0.1) is 0 Å². The molecule has 402 valence electrons. The summed E-state index contributed by atoms with van der Waals surface area (Å²) in [4.78, 5) is 144. The van der Waals surface area contributed by atoms with E-state index in [0.29, 0.717) is 37.8 Å². The second-order valence-electron chi connectivity index (χ2n) is 17.9. The van der Waals surface area contributed by atoms with Gasteiger partial charge in [0, 0.05) is 39.1 Å². The Morgan fingerprint density at radius 3 is 1.74 bits per heavy atom. The summed E-state index contributed by atoms with van der Waals surface area (Å²) in [5.41, 5.74) is 28.1. The molecule has 3 aliphatic heterocycles. The lowest BCUT2D eigenvalue weighted by Gasteiger charge is -2.32. The number of aliphatic hydroxyl groups is 1. The van der Waals surface area contributed by atoms with Crippen molar-refractivity contribution in [3.05, 3.63) is 35.9 Å². The van der Waals surface area contributed by atoms with Gasteiger partial charge < -0.3 is 85.3 Å². The van der Waals surface area contributed by atoms with Crippen LogP contribution >= 0.6 is 0 Å². The molecule has 0 radical (unpaired) electrons. The molecule has 1 aromatic carbocycles. The van der Waals surface area contributed by atoms with E-state index < -0.39 is 127 Å². The molecular weight excluding hydrogens is 959 g/mol. The molecule has 28 heteroatoms. The van der Waals surface area contributed by atoms with Crippen LogP contribution in [0.4, 0.5) is 0 Å². The fourth-order valence-corrected chi connectivity index (χ4v) is 8.87. The van der Waals surface area contributed by atoms with Gasteiger partial charge in [-0.1, -0.05) is 30.3 Å². The highest BCUT2D eigenvalue weighted by atomic mass is 16.4. The lowest BCUT2D eigenvalue weighted by Crippen LogP contribution is -2.60. The molecule has 1 aromatic rings. The van der Waals surface area contributed by atoms with Gasteiger partial charge in [-0.25, -0.2) is 4.79 Å². The number of aliphatic carboxylic acids is 2. The van der Waals surface area contributed by atoms with E-state index in [1.807, 2.05) is 0 Å². The number of carbonyl (C=O) groups is 10. The van der Waals surface area contributed by atoms with Gasteiger partial charge in [-0.3, -0.25) is 53.1 Å². The maximum atomic E-state index is 13.9. The first-order valence-electron chi connectivity index (χ1n) is 24.1. The Morgan fingerprint density at radius 1 is 0.630 bits per heavy atom. The summed E-state index contributed by atoms with van der Waals surface area (Å²) < 4.78 is 0. The third kappa shape index (κ3) is 17.6. The number of aliphatic hydroxyl groups excluding tert-OH is 1. The third-order valence-corrected chi connectivity index (χ3v) is 12.5. The number of carboxylic acid groups (broad SMARTS) is 2. The minimum atomic E-state index is -1.83. The highest BCUT2D eigenvalue weighted by Crippen LogP contribution is 2.26. The maximum absolute atomic E-state index is 13.9. The Labute approximate surface area is 420 Å². The molecule has 0 aliphatic carbocycles. The van der Waals surface area contributed by atoms with E-state index in [-0.39, 0.29) is 83.0 Å². The normalized spacial score (nSPS) is 19.3. The number of hydrogen-bond acceptors (Lipinski definition) is 14. The minimum absolute atomic E-state index is 0.0251. The summed E-state index contributed by atoms with van der Waals surface area (Å²) in [6.07, 6.45) is 1.75. The van der Waals surface area contributed by atoms with Gasteiger partial charge >= 0.3 is 11.9 Å². The van der Waals surface area contributed by atoms with Gasteiger partial charge in [0.15, 0.2) is 11.9 Å². The number of nitrogens with one attached hydrogen (secondary N) is 5. The Bertz CT molecular complexity index is 2210. The van der Waals surface area contributed by atoms with Crippen LogP contribution in [0.3, 0.4) is 0 Å². The Morgan fingerprint density at radius 2 is 1.16 bits per heavy atom. The van der Waals surface area contributed by atoms with Gasteiger partial charge in [0.2, 0.25) is 47.3 Å². The molecule has 28 nitrogen and oxygen atoms in total. The number of rotatable bonds is 27. The van der Waals surface area contributed by atoms with Gasteiger partial charge in [-0.2, -0.15) is 0 Å². The topological polar surface area (TPSA) is 456 Å². The van der Waals surface area contributed by atoms with E-state index in [1.54, 1.807) is 30.3 Å². The zero-order valence-corrected chi connectivity index (χ0v) is 40.5. The summed E-state index contributed by atoms with van der Waals surface area (Å²) in [7, 11) is 0. The van der Waals surface area contributed by atoms with Crippen molar-refractivity contribution in [2.24, 2.45) is 38.7 Å². The predicted octanol–water partition coefficient (Wildman–Crippen LogP) is -5.76. The monoisotopic (exact) mass is 1030 g/mol. The average molecular weight is 1030 g/mol. The lowest BCUT2D eigenvalue weighted by atomic mass is 10.0. The lowest BCUT2D eigenvalue weighted by molar-refractivity contribution is -0.147. The first-order chi connectivity index (χ1) is 34.7. The Kier molecular flexibility index (Phi) is 22.6. The average Bonchev–Trinajstić information content (AvgIpc) is 4.16. The number of carboxylic acids is 2. The number of benzene rings is 1. The number of nitrogens with zero attached hydrogens (tertiary/aromatic N) is 5. The van der Waals surface area contributed by atoms with E-state index in [1.165, 1.54) is 9.80 Å². The number of aliphatic imine (C=N–C) groups is 2. The van der Waals surface area contributed by atoms with E-state index in [2.05, 4.69) is 36.6 Å². The van der Waals surface area contributed by atoms with Gasteiger partial charge in [0.05, 0.1) is 25.6 Å². The van der Waals surface area contributed by atoms with Crippen molar-refractivity contribution in [2.75, 3.05) is 45.9 Å². The van der Waals surface area contributed by atoms with E-state index in [9.17, 15) is 63.3 Å². The van der Waals surface area contributed by atoms with E-state index >= 15 is 0 Å². The number of hydrogen-bond donors (Lipinski definition) is 13. The first kappa shape index (κ1) is 58.0. The number of nitrogens with two attached hydrogens (primary N) is 5. The summed E-state index contributed by atoms with van der Waals surface area (Å²) >= 11 is 0. The molecule has 3 fully saturated rings. The third-order valence-electron chi connectivity index (χ3n) is 12.5. The SMILES string of the molecule is NC(N)=NCCC[C@H](NC(=O)[C@H](Cc1ccccc1)NC(=O)[C@@H]1CCCN1C(=O)[C@H](CO)NC(=O)[C@H](CC(=O)O)NC(=O)CNC(=O)[C@@H]1CCCN1C(=O)[C@@H]1CCCN1C(=O)[C@@H](N)CCCN=C(N)N)C(=O)O. The molecule has 3 heterocycles. The molecule has 0 unspecified atom stereocenters. The summed E-state index contributed by atoms with van der Waals surface area (Å²) in [5, 5.41) is 41.7. The fourth-order valence-electron chi connectivity index (χ4n) is 8.87. The first-order valence-corrected chi connectivity index (χ1v) is 24.1. The van der Waals surface area contributed by atoms with Crippen molar-refractivity contribution in [1.82, 2.24) is 41.3 Å². The highest BCUT2D eigenvalue weighted by molar-refractivity contribution is 5.98. The largest absolute Gasteiger partial charge is 0.481 e. The highest BCUT2D eigenvalue weighted by Gasteiger charge is 2.44. The second kappa shape index (κ2) is 28.4. The van der Waals surface area contributed by atoms with E-state index in [0.717, 1.165) is 4.90 Å². The summed E-state index contributed by atoms with van der Waals surface area (Å²) in [6.45, 7) is -0.936. The van der Waals surface area contributed by atoms with Crippen molar-refractivity contribution in [1.29, 1.82) is 0 Å². The zero-order valence-electron chi connectivity index (χ0n) is 40.5. The fraction of sp³-hybridized carbons (Fsp3) is 0.600. The standard InChI is InChI=1S/C45H69N15O13/c46-26(11-4-16-51-44(47)48)40(69)60-20-8-15-33(60)42(71)59-19-6-13-31(59)38(67)53-23-34(62)54-29(22-35(63)64)37(66)57-30(24-61)41(70)58-18-7-14-32(58)39(68)56-28(21-25-9-2-1-3-10-25)36(65)55-27(43(72)73)12-5-17-52-45(49)50/h1-3,9-10,26-33,61H,4-8,11-24,46H2,(H,53,67)(H,54,62)(H,55,65)(H,56,68)(H,57,66)(H,63,64)(H,72,73)(H4,47,48,51)(H4,49,50,52)/t26-,27-,28-,29-,30-,31-,32-,33-/m0/s1. The molecule has 8 atom stereocenters. The molecule has 0 saturated carbocycles. The molecule has 4 rings (SSSR count). The van der Waals surface area contributed by atoms with E-state index in [4.69, 9.17) is 28.7 Å². The van der Waals surface area contributed by atoms with Crippen LogP contribution in [0.1, 0.15) is 76.2 Å². The molecule has 8 amide bonds. The molecule has 73 heavy (non-hydrogen) atoms. The quantitative estimate of drug-likeness (QED) is 0.0222. The Hall–Kier alpha value is -7.62. The minimum Gasteiger partial charge on any atom is -0.481 e. The van der Waals surface area contributed by atoms with Gasteiger partial charge in [0.25, 0.3) is 0 Å². The summed E-state index contributed by atoms with van der Waals surface area (Å²) in [5.74, 6) is -9.53. The van der Waals surface area contributed by atoms with Gasteiger partial charge in [0.1, 0.15) is 42.3 Å². The van der Waals surface area contributed by atoms with Crippen molar-refractivity contribution in [3.8, 4) is 0 Å². The molecule has 0 bridgehead atoms. The molecule has 0 aromatic heterocycles. The van der Waals surface area contributed by atoms with Crippen LogP contribution in [-0.2, 0) is 54.4 Å². The van der Waals surface area contributed by atoms with Crippen LogP contribution < -0.4 is 55.3 Å². The number of guanidine groups is 2. The predicted molar refractivity (Wildman–Crippen MR) is 260 cm³/mol. The van der Waals surface area contributed by atoms with Gasteiger partial charge in [-0.15, -0.1) is 0 Å². The molecular formula is C45H69N15O13. The van der Waals surface area contributed by atoms with Crippen molar-refractivity contribution < 1.29 is 63.3 Å². The number of amides is 8. The van der Waals surface area contributed by atoms with Gasteiger partial charge in [-0.05, 0) is 69.8 Å². The Balaban J connectivity index is 1.36. The molecule has 3 saturated heterocycles. The van der Waals surface area contributed by atoms with Crippen LogP contribution in [0.5, 0.6) is 0 Å². The van der Waals surface area contributed by atoms with Crippen LogP contribution in [0.2, 0.25) is 0 Å². The maximum Gasteiger partial charge on any atom is 0.326 e. The molecule has 0 spiro atoms. The smallest absolute Gasteiger partial charge is 0.326 e. The molecule has 3 aliphatic rings. The van der Waals surface area contributed by atoms with Crippen LogP contribution in [0.25, 0.3) is 0 Å². The van der Waals surface area contributed by atoms with Crippen molar-refractivity contribution in [3.63, 3.8) is 0 Å². The number of carbonyl (C=O) groups excluding carboxylic acids is 8. The molecule has 18 N–H and O–H groups in total. The van der Waals surface area contributed by atoms with Crippen LogP contribution in [-0.4, -0.2) is 195 Å². The summed E-state index contributed by atoms with van der Waals surface area (Å²) in [6, 6.07) is -1.73. The van der Waals surface area contributed by atoms with Crippen molar-refractivity contribution in [2.45, 2.75) is 125 Å². The van der Waals surface area contributed by atoms with Crippen LogP contribution in [0.15, 0.2) is 40.3 Å². The number of likely N-dealkylation sites (tertiary alicyclic amines) is 3. The second-order valence-corrected chi connectivity index (χ2v) is 17.9.